The Morgan fingerprint density at radius 2 is 2.15 bits per heavy atom. The van der Waals surface area contributed by atoms with E-state index in [-0.39, 0.29) is 5.54 Å². The van der Waals surface area contributed by atoms with E-state index in [4.69, 9.17) is 17.3 Å². The Bertz CT molecular complexity index is 280. The summed E-state index contributed by atoms with van der Waals surface area (Å²) >= 11 is 7.58. The van der Waals surface area contributed by atoms with Crippen molar-refractivity contribution in [1.29, 1.82) is 0 Å². The number of benzene rings is 1. The quantitative estimate of drug-likeness (QED) is 0.784. The lowest BCUT2D eigenvalue weighted by atomic mass is 10.1. The van der Waals surface area contributed by atoms with Crippen LogP contribution in [0, 0.1) is 0 Å². The molecule has 0 fully saturated rings. The van der Waals surface area contributed by atoms with Crippen molar-refractivity contribution in [2.75, 3.05) is 5.75 Å². The molecule has 1 aromatic carbocycles. The zero-order chi connectivity index (χ0) is 9.90. The number of hydrogen-bond donors (Lipinski definition) is 1. The van der Waals surface area contributed by atoms with Crippen molar-refractivity contribution in [2.45, 2.75) is 24.3 Å². The van der Waals surface area contributed by atoms with Gasteiger partial charge < -0.3 is 5.73 Å². The summed E-state index contributed by atoms with van der Waals surface area (Å²) < 4.78 is 0. The fourth-order valence-corrected chi connectivity index (χ4v) is 2.00. The van der Waals surface area contributed by atoms with E-state index in [1.54, 1.807) is 11.8 Å². The van der Waals surface area contributed by atoms with Gasteiger partial charge in [0, 0.05) is 21.2 Å². The Morgan fingerprint density at radius 1 is 1.46 bits per heavy atom. The molecule has 0 aliphatic carbocycles. The number of nitrogens with two attached hydrogens (primary N) is 1. The van der Waals surface area contributed by atoms with Crippen molar-refractivity contribution in [3.05, 3.63) is 29.3 Å². The van der Waals surface area contributed by atoms with Gasteiger partial charge in [0.05, 0.1) is 0 Å². The van der Waals surface area contributed by atoms with Crippen LogP contribution in [-0.2, 0) is 0 Å². The molecule has 0 heterocycles. The molecule has 3 heteroatoms. The van der Waals surface area contributed by atoms with Crippen LogP contribution in [0.5, 0.6) is 0 Å². The number of thioether (sulfide) groups is 1. The molecular weight excluding hydrogens is 202 g/mol. The van der Waals surface area contributed by atoms with Gasteiger partial charge in [0.15, 0.2) is 0 Å². The third-order valence-corrected chi connectivity index (χ3v) is 3.12. The van der Waals surface area contributed by atoms with Crippen molar-refractivity contribution < 1.29 is 0 Å². The van der Waals surface area contributed by atoms with Crippen LogP contribution in [0.15, 0.2) is 29.2 Å². The lowest BCUT2D eigenvalue weighted by molar-refractivity contribution is 0.591. The van der Waals surface area contributed by atoms with Crippen LogP contribution in [0.25, 0.3) is 0 Å². The zero-order valence-electron chi connectivity index (χ0n) is 7.88. The maximum Gasteiger partial charge on any atom is 0.0417 e. The van der Waals surface area contributed by atoms with Gasteiger partial charge in [-0.3, -0.25) is 0 Å². The minimum atomic E-state index is -0.132. The molecule has 1 rings (SSSR count). The third-order valence-electron chi connectivity index (χ3n) is 1.41. The Labute approximate surface area is 88.7 Å². The minimum absolute atomic E-state index is 0.132. The van der Waals surface area contributed by atoms with E-state index in [1.165, 1.54) is 4.90 Å². The molecule has 0 saturated carbocycles. The highest BCUT2D eigenvalue weighted by atomic mass is 35.5. The highest BCUT2D eigenvalue weighted by Crippen LogP contribution is 2.23. The van der Waals surface area contributed by atoms with Crippen molar-refractivity contribution in [3.8, 4) is 0 Å². The lowest BCUT2D eigenvalue weighted by Crippen LogP contribution is -2.34. The van der Waals surface area contributed by atoms with Crippen LogP contribution in [0.2, 0.25) is 5.02 Å². The van der Waals surface area contributed by atoms with Gasteiger partial charge in [-0.1, -0.05) is 17.7 Å². The van der Waals surface area contributed by atoms with Gasteiger partial charge in [-0.2, -0.15) is 0 Å². The molecule has 0 aliphatic heterocycles. The Kier molecular flexibility index (Phi) is 3.65. The molecule has 0 aromatic heterocycles. The summed E-state index contributed by atoms with van der Waals surface area (Å²) in [6.45, 7) is 4.04. The predicted molar refractivity (Wildman–Crippen MR) is 60.4 cm³/mol. The molecule has 0 radical (unpaired) electrons. The minimum Gasteiger partial charge on any atom is -0.325 e. The van der Waals surface area contributed by atoms with Crippen molar-refractivity contribution >= 4 is 23.4 Å². The zero-order valence-corrected chi connectivity index (χ0v) is 9.45. The predicted octanol–water partition coefficient (Wildman–Crippen LogP) is 3.17. The van der Waals surface area contributed by atoms with Crippen molar-refractivity contribution in [1.82, 2.24) is 0 Å². The van der Waals surface area contributed by atoms with E-state index in [2.05, 4.69) is 0 Å². The van der Waals surface area contributed by atoms with Gasteiger partial charge in [-0.15, -0.1) is 11.8 Å². The molecule has 0 bridgehead atoms. The number of halogens is 1. The first-order chi connectivity index (χ1) is 5.97. The highest BCUT2D eigenvalue weighted by Gasteiger charge is 2.10. The lowest BCUT2D eigenvalue weighted by Gasteiger charge is -2.17. The van der Waals surface area contributed by atoms with Gasteiger partial charge in [-0.05, 0) is 32.0 Å². The summed E-state index contributed by atoms with van der Waals surface area (Å²) in [5.41, 5.74) is 5.74. The normalized spacial score (nSPS) is 11.7. The maximum absolute atomic E-state index is 5.87. The third kappa shape index (κ3) is 4.55. The second kappa shape index (κ2) is 4.36. The summed E-state index contributed by atoms with van der Waals surface area (Å²) in [5.74, 6) is 0.896. The van der Waals surface area contributed by atoms with Gasteiger partial charge in [0.25, 0.3) is 0 Å². The molecule has 2 N–H and O–H groups in total. The van der Waals surface area contributed by atoms with E-state index in [0.29, 0.717) is 0 Å². The molecule has 1 aromatic rings. The largest absolute Gasteiger partial charge is 0.325 e. The molecule has 0 aliphatic rings. The van der Waals surface area contributed by atoms with E-state index < -0.39 is 0 Å². The second-order valence-corrected chi connectivity index (χ2v) is 5.22. The molecular formula is C10H14ClNS. The first-order valence-corrected chi connectivity index (χ1v) is 5.51. The molecule has 0 spiro atoms. The average molecular weight is 216 g/mol. The first kappa shape index (κ1) is 10.9. The van der Waals surface area contributed by atoms with E-state index in [0.717, 1.165) is 10.8 Å². The van der Waals surface area contributed by atoms with E-state index in [1.807, 2.05) is 38.1 Å². The molecule has 0 atom stereocenters. The molecule has 1 nitrogen and oxygen atoms in total. The summed E-state index contributed by atoms with van der Waals surface area (Å²) in [6.07, 6.45) is 0. The van der Waals surface area contributed by atoms with E-state index >= 15 is 0 Å². The van der Waals surface area contributed by atoms with Gasteiger partial charge in [0.1, 0.15) is 0 Å². The van der Waals surface area contributed by atoms with Crippen molar-refractivity contribution in [3.63, 3.8) is 0 Å². The molecule has 0 amide bonds. The van der Waals surface area contributed by atoms with Gasteiger partial charge in [0.2, 0.25) is 0 Å². The van der Waals surface area contributed by atoms with Gasteiger partial charge >= 0.3 is 0 Å². The molecule has 72 valence electrons. The summed E-state index contributed by atoms with van der Waals surface area (Å²) in [7, 11) is 0. The Balaban J connectivity index is 2.55. The summed E-state index contributed by atoms with van der Waals surface area (Å²) in [5, 5.41) is 0.778. The highest BCUT2D eigenvalue weighted by molar-refractivity contribution is 7.99. The SMILES string of the molecule is CC(C)(N)CSc1cccc(Cl)c1. The van der Waals surface area contributed by atoms with Crippen LogP contribution < -0.4 is 5.73 Å². The second-order valence-electron chi connectivity index (χ2n) is 3.73. The fraction of sp³-hybridized carbons (Fsp3) is 0.400. The van der Waals surface area contributed by atoms with Crippen molar-refractivity contribution in [2.24, 2.45) is 5.73 Å². The topological polar surface area (TPSA) is 26.0 Å². The smallest absolute Gasteiger partial charge is 0.0417 e. The monoisotopic (exact) mass is 215 g/mol. The molecule has 0 saturated heterocycles. The van der Waals surface area contributed by atoms with Crippen LogP contribution in [-0.4, -0.2) is 11.3 Å². The number of rotatable bonds is 3. The average Bonchev–Trinajstić information content (AvgIpc) is 2.00. The van der Waals surface area contributed by atoms with Crippen LogP contribution in [0.1, 0.15) is 13.8 Å². The number of hydrogen-bond acceptors (Lipinski definition) is 2. The Morgan fingerprint density at radius 3 is 2.69 bits per heavy atom. The van der Waals surface area contributed by atoms with Gasteiger partial charge in [-0.25, -0.2) is 0 Å². The molecule has 13 heavy (non-hydrogen) atoms. The first-order valence-electron chi connectivity index (χ1n) is 4.15. The standard InChI is InChI=1S/C10H14ClNS/c1-10(2,12)7-13-9-5-3-4-8(11)6-9/h3-6H,7,12H2,1-2H3. The van der Waals surface area contributed by atoms with Crippen LogP contribution >= 0.6 is 23.4 Å². The fourth-order valence-electron chi connectivity index (χ4n) is 0.826. The van der Waals surface area contributed by atoms with Crippen LogP contribution in [0.3, 0.4) is 0 Å². The van der Waals surface area contributed by atoms with Crippen LogP contribution in [0.4, 0.5) is 0 Å². The summed E-state index contributed by atoms with van der Waals surface area (Å²) in [6, 6.07) is 7.83. The Hall–Kier alpha value is -0.180. The van der Waals surface area contributed by atoms with E-state index in [9.17, 15) is 0 Å². The maximum atomic E-state index is 5.87. The molecule has 0 unspecified atom stereocenters. The summed E-state index contributed by atoms with van der Waals surface area (Å²) in [4.78, 5) is 1.17.